The Labute approximate surface area is 139 Å². The molecule has 1 aromatic rings. The van der Waals surface area contributed by atoms with Gasteiger partial charge in [-0.2, -0.15) is 0 Å². The maximum Gasteiger partial charge on any atom is 0.258 e. The predicted octanol–water partition coefficient (Wildman–Crippen LogP) is 2.65. The molecule has 4 nitrogen and oxygen atoms in total. The summed E-state index contributed by atoms with van der Waals surface area (Å²) in [7, 11) is 0. The van der Waals surface area contributed by atoms with Gasteiger partial charge in [0.15, 0.2) is 6.61 Å². The standard InChI is InChI=1S/C15H19BrN2O2.ClH/c16-10-1-5-14(6-2-10)20-9-15(19)18-13-7-11-3-4-12(8-13)17-11;/h1-2,5-6,11-13,17H,3-4,7-9H2,(H,18,19);1H. The fourth-order valence-corrected chi connectivity index (χ4v) is 3.39. The van der Waals surface area contributed by atoms with Crippen LogP contribution in [-0.2, 0) is 4.79 Å². The summed E-state index contributed by atoms with van der Waals surface area (Å²) in [5.41, 5.74) is 0. The number of hydrogen-bond acceptors (Lipinski definition) is 3. The summed E-state index contributed by atoms with van der Waals surface area (Å²) in [5, 5.41) is 6.66. The lowest BCUT2D eigenvalue weighted by Crippen LogP contribution is -2.48. The second-order valence-corrected chi connectivity index (χ2v) is 6.53. The van der Waals surface area contributed by atoms with Crippen molar-refractivity contribution in [2.45, 2.75) is 43.8 Å². The zero-order chi connectivity index (χ0) is 13.9. The van der Waals surface area contributed by atoms with Crippen LogP contribution in [0.5, 0.6) is 5.75 Å². The SMILES string of the molecule is Cl.O=C(COc1ccc(Br)cc1)NC1CC2CCC(C1)N2. The van der Waals surface area contributed by atoms with Gasteiger partial charge in [0.05, 0.1) is 0 Å². The first-order valence-corrected chi connectivity index (χ1v) is 7.92. The molecule has 0 aliphatic carbocycles. The van der Waals surface area contributed by atoms with Gasteiger partial charge in [-0.15, -0.1) is 12.4 Å². The lowest BCUT2D eigenvalue weighted by molar-refractivity contribution is -0.124. The minimum Gasteiger partial charge on any atom is -0.484 e. The van der Waals surface area contributed by atoms with E-state index in [-0.39, 0.29) is 24.9 Å². The maximum absolute atomic E-state index is 11.9. The second-order valence-electron chi connectivity index (χ2n) is 5.62. The van der Waals surface area contributed by atoms with Crippen molar-refractivity contribution in [3.8, 4) is 5.75 Å². The van der Waals surface area contributed by atoms with E-state index in [1.807, 2.05) is 24.3 Å². The first-order chi connectivity index (χ1) is 9.69. The van der Waals surface area contributed by atoms with E-state index in [2.05, 4.69) is 26.6 Å². The van der Waals surface area contributed by atoms with E-state index >= 15 is 0 Å². The molecule has 2 unspecified atom stereocenters. The van der Waals surface area contributed by atoms with E-state index < -0.39 is 0 Å². The maximum atomic E-state index is 11.9. The Balaban J connectivity index is 0.00000161. The minimum atomic E-state index is -0.0285. The zero-order valence-electron chi connectivity index (χ0n) is 11.7. The van der Waals surface area contributed by atoms with E-state index in [0.717, 1.165) is 17.3 Å². The first-order valence-electron chi connectivity index (χ1n) is 7.13. The molecule has 116 valence electrons. The molecule has 2 fully saturated rings. The zero-order valence-corrected chi connectivity index (χ0v) is 14.1. The third-order valence-electron chi connectivity index (χ3n) is 4.02. The summed E-state index contributed by atoms with van der Waals surface area (Å²) in [4.78, 5) is 11.9. The number of hydrogen-bond donors (Lipinski definition) is 2. The number of amides is 1. The van der Waals surface area contributed by atoms with Gasteiger partial charge in [0.2, 0.25) is 0 Å². The van der Waals surface area contributed by atoms with Gasteiger partial charge in [-0.25, -0.2) is 0 Å². The molecule has 2 bridgehead atoms. The van der Waals surface area contributed by atoms with Gasteiger partial charge >= 0.3 is 0 Å². The number of carbonyl (C=O) groups excluding carboxylic acids is 1. The van der Waals surface area contributed by atoms with Gasteiger partial charge in [0.25, 0.3) is 5.91 Å². The summed E-state index contributed by atoms with van der Waals surface area (Å²) >= 11 is 3.37. The summed E-state index contributed by atoms with van der Waals surface area (Å²) in [5.74, 6) is 0.688. The van der Waals surface area contributed by atoms with Crippen molar-refractivity contribution in [3.05, 3.63) is 28.7 Å². The third kappa shape index (κ3) is 4.59. The van der Waals surface area contributed by atoms with Crippen LogP contribution in [0.15, 0.2) is 28.7 Å². The monoisotopic (exact) mass is 374 g/mol. The van der Waals surface area contributed by atoms with Crippen LogP contribution < -0.4 is 15.4 Å². The van der Waals surface area contributed by atoms with Crippen molar-refractivity contribution in [2.75, 3.05) is 6.61 Å². The van der Waals surface area contributed by atoms with Gasteiger partial charge in [0, 0.05) is 22.6 Å². The molecule has 6 heteroatoms. The number of benzene rings is 1. The van der Waals surface area contributed by atoms with E-state index in [1.165, 1.54) is 12.8 Å². The fourth-order valence-electron chi connectivity index (χ4n) is 3.12. The average Bonchev–Trinajstić information content (AvgIpc) is 2.77. The summed E-state index contributed by atoms with van der Waals surface area (Å²) < 4.78 is 6.48. The summed E-state index contributed by atoms with van der Waals surface area (Å²) in [6.45, 7) is 0.0842. The molecule has 0 aromatic heterocycles. The topological polar surface area (TPSA) is 50.4 Å². The van der Waals surface area contributed by atoms with Gasteiger partial charge in [-0.3, -0.25) is 4.79 Å². The Bertz CT molecular complexity index is 471. The van der Waals surface area contributed by atoms with E-state index in [9.17, 15) is 4.79 Å². The average molecular weight is 376 g/mol. The van der Waals surface area contributed by atoms with Crippen LogP contribution in [0, 0.1) is 0 Å². The van der Waals surface area contributed by atoms with Crippen molar-refractivity contribution >= 4 is 34.2 Å². The highest BCUT2D eigenvalue weighted by Crippen LogP contribution is 2.26. The largest absolute Gasteiger partial charge is 0.484 e. The highest BCUT2D eigenvalue weighted by molar-refractivity contribution is 9.10. The van der Waals surface area contributed by atoms with Crippen LogP contribution in [0.4, 0.5) is 0 Å². The molecule has 2 atom stereocenters. The first kappa shape index (κ1) is 16.6. The number of carbonyl (C=O) groups is 1. The Morgan fingerprint density at radius 3 is 2.48 bits per heavy atom. The molecule has 0 saturated carbocycles. The molecule has 2 saturated heterocycles. The molecule has 2 aliphatic heterocycles. The highest BCUT2D eigenvalue weighted by atomic mass is 79.9. The number of rotatable bonds is 4. The Kier molecular flexibility index (Phi) is 5.90. The molecule has 2 N–H and O–H groups in total. The smallest absolute Gasteiger partial charge is 0.258 e. The van der Waals surface area contributed by atoms with Crippen molar-refractivity contribution in [3.63, 3.8) is 0 Å². The molecule has 1 amide bonds. The van der Waals surface area contributed by atoms with Crippen LogP contribution in [-0.4, -0.2) is 30.6 Å². The van der Waals surface area contributed by atoms with Crippen molar-refractivity contribution in [1.29, 1.82) is 0 Å². The molecule has 3 rings (SSSR count). The van der Waals surface area contributed by atoms with Crippen LogP contribution in [0.25, 0.3) is 0 Å². The fraction of sp³-hybridized carbons (Fsp3) is 0.533. The molecule has 21 heavy (non-hydrogen) atoms. The van der Waals surface area contributed by atoms with E-state index in [4.69, 9.17) is 4.74 Å². The summed E-state index contributed by atoms with van der Waals surface area (Å²) in [6, 6.07) is 8.98. The highest BCUT2D eigenvalue weighted by Gasteiger charge is 2.33. The van der Waals surface area contributed by atoms with E-state index in [1.54, 1.807) is 0 Å². The molecule has 0 spiro atoms. The summed E-state index contributed by atoms with van der Waals surface area (Å²) in [6.07, 6.45) is 4.57. The van der Waals surface area contributed by atoms with Crippen LogP contribution in [0.3, 0.4) is 0 Å². The number of piperidine rings is 1. The number of ether oxygens (including phenoxy) is 1. The lowest BCUT2D eigenvalue weighted by Gasteiger charge is -2.29. The van der Waals surface area contributed by atoms with Crippen molar-refractivity contribution < 1.29 is 9.53 Å². The minimum absolute atomic E-state index is 0. The van der Waals surface area contributed by atoms with Gasteiger partial charge in [0.1, 0.15) is 5.75 Å². The Morgan fingerprint density at radius 2 is 1.86 bits per heavy atom. The predicted molar refractivity (Wildman–Crippen MR) is 88.0 cm³/mol. The van der Waals surface area contributed by atoms with Crippen LogP contribution in [0.1, 0.15) is 25.7 Å². The Hall–Kier alpha value is -0.780. The molecular formula is C15H20BrClN2O2. The lowest BCUT2D eigenvalue weighted by atomic mass is 10.00. The molecule has 2 aliphatic rings. The molecule has 2 heterocycles. The van der Waals surface area contributed by atoms with Crippen LogP contribution in [0.2, 0.25) is 0 Å². The second kappa shape index (κ2) is 7.47. The van der Waals surface area contributed by atoms with Crippen LogP contribution >= 0.6 is 28.3 Å². The molecule has 1 aromatic carbocycles. The van der Waals surface area contributed by atoms with Crippen molar-refractivity contribution in [1.82, 2.24) is 10.6 Å². The number of halogens is 2. The van der Waals surface area contributed by atoms with Crippen molar-refractivity contribution in [2.24, 2.45) is 0 Å². The van der Waals surface area contributed by atoms with Gasteiger partial charge in [-0.1, -0.05) is 15.9 Å². The van der Waals surface area contributed by atoms with Gasteiger partial charge in [-0.05, 0) is 49.9 Å². The third-order valence-corrected chi connectivity index (χ3v) is 4.55. The molecule has 0 radical (unpaired) electrons. The Morgan fingerprint density at radius 1 is 1.24 bits per heavy atom. The van der Waals surface area contributed by atoms with E-state index in [0.29, 0.717) is 23.9 Å². The number of fused-ring (bicyclic) bond motifs is 2. The number of nitrogens with one attached hydrogen (secondary N) is 2. The van der Waals surface area contributed by atoms with Gasteiger partial charge < -0.3 is 15.4 Å². The molecular weight excluding hydrogens is 356 g/mol. The normalized spacial score (nSPS) is 26.8. The quantitative estimate of drug-likeness (QED) is 0.850.